The van der Waals surface area contributed by atoms with Gasteiger partial charge in [-0.1, -0.05) is 38.1 Å². The van der Waals surface area contributed by atoms with Crippen LogP contribution in [0, 0.1) is 18.6 Å². The number of hydrogen-bond donors (Lipinski definition) is 2. The molecule has 0 aliphatic carbocycles. The molecular formula is C31H33F2N5O4S. The number of nitrogens with zero attached hydrogens (tertiary/aromatic N) is 3. The second kappa shape index (κ2) is 11.8. The van der Waals surface area contributed by atoms with Gasteiger partial charge in [0.2, 0.25) is 0 Å². The number of halogens is 2. The number of aryl methyl sites for hydroxylation is 1. The summed E-state index contributed by atoms with van der Waals surface area (Å²) in [6.45, 7) is 8.34. The first-order chi connectivity index (χ1) is 20.3. The van der Waals surface area contributed by atoms with Gasteiger partial charge in [0.1, 0.15) is 17.4 Å². The summed E-state index contributed by atoms with van der Waals surface area (Å²) in [6.07, 6.45) is 2.61. The van der Waals surface area contributed by atoms with Gasteiger partial charge in [-0.2, -0.15) is 8.42 Å². The minimum atomic E-state index is -4.22. The Morgan fingerprint density at radius 1 is 0.977 bits per heavy atom. The van der Waals surface area contributed by atoms with Crippen molar-refractivity contribution in [3.05, 3.63) is 94.9 Å². The van der Waals surface area contributed by atoms with Crippen LogP contribution in [0.2, 0.25) is 0 Å². The lowest BCUT2D eigenvalue weighted by molar-refractivity contribution is 0.0713. The van der Waals surface area contributed by atoms with E-state index in [0.29, 0.717) is 42.9 Å². The Kier molecular flexibility index (Phi) is 8.24. The van der Waals surface area contributed by atoms with Gasteiger partial charge in [-0.15, -0.1) is 0 Å². The number of pyridine rings is 1. The zero-order chi connectivity index (χ0) is 30.9. The van der Waals surface area contributed by atoms with Crippen molar-refractivity contribution in [1.29, 1.82) is 0 Å². The van der Waals surface area contributed by atoms with E-state index in [1.165, 1.54) is 48.7 Å². The van der Waals surface area contributed by atoms with Crippen LogP contribution in [0.3, 0.4) is 0 Å². The zero-order valence-electron chi connectivity index (χ0n) is 24.3. The number of rotatable bonds is 7. The van der Waals surface area contributed by atoms with Gasteiger partial charge in [-0.25, -0.2) is 13.8 Å². The highest BCUT2D eigenvalue weighted by atomic mass is 32.2. The fourth-order valence-electron chi connectivity index (χ4n) is 4.96. The van der Waals surface area contributed by atoms with Crippen LogP contribution in [-0.2, 0) is 15.4 Å². The predicted molar refractivity (Wildman–Crippen MR) is 159 cm³/mol. The van der Waals surface area contributed by atoms with Gasteiger partial charge in [-0.05, 0) is 67.1 Å². The first-order valence-electron chi connectivity index (χ1n) is 13.9. The first-order valence-corrected chi connectivity index (χ1v) is 15.4. The molecule has 1 amide bonds. The Labute approximate surface area is 249 Å². The molecule has 0 spiro atoms. The lowest BCUT2D eigenvalue weighted by Gasteiger charge is -2.32. The number of aromatic nitrogens is 2. The summed E-state index contributed by atoms with van der Waals surface area (Å²) in [7, 11) is -4.22. The topological polar surface area (TPSA) is 117 Å². The van der Waals surface area contributed by atoms with E-state index in [-0.39, 0.29) is 45.2 Å². The number of nitrogens with one attached hydrogen (secondary N) is 2. The quantitative estimate of drug-likeness (QED) is 0.245. The molecule has 12 heteroatoms. The number of amides is 1. The van der Waals surface area contributed by atoms with Crippen LogP contribution in [-0.4, -0.2) is 42.5 Å². The van der Waals surface area contributed by atoms with E-state index in [1.807, 2.05) is 20.8 Å². The third-order valence-corrected chi connectivity index (χ3v) is 8.71. The number of benzene rings is 2. The summed E-state index contributed by atoms with van der Waals surface area (Å²) in [6, 6.07) is 13.3. The van der Waals surface area contributed by atoms with Crippen molar-refractivity contribution in [3.8, 4) is 0 Å². The maximum Gasteiger partial charge on any atom is 0.280 e. The summed E-state index contributed by atoms with van der Waals surface area (Å²) >= 11 is 0. The molecule has 3 heterocycles. The maximum absolute atomic E-state index is 13.8. The molecule has 1 saturated heterocycles. The van der Waals surface area contributed by atoms with Gasteiger partial charge in [0.15, 0.2) is 10.8 Å². The minimum Gasteiger partial charge on any atom is -0.359 e. The fraction of sp³-hybridized carbons (Fsp3) is 0.323. The van der Waals surface area contributed by atoms with Crippen LogP contribution in [0.5, 0.6) is 0 Å². The van der Waals surface area contributed by atoms with E-state index >= 15 is 0 Å². The molecular weight excluding hydrogens is 576 g/mol. The number of piperidine rings is 1. The van der Waals surface area contributed by atoms with Crippen molar-refractivity contribution in [2.75, 3.05) is 23.1 Å². The molecule has 2 aromatic heterocycles. The molecule has 0 bridgehead atoms. The molecule has 1 aliphatic heterocycles. The molecule has 0 atom stereocenters. The van der Waals surface area contributed by atoms with Gasteiger partial charge >= 0.3 is 0 Å². The van der Waals surface area contributed by atoms with E-state index in [2.05, 4.69) is 20.2 Å². The van der Waals surface area contributed by atoms with E-state index < -0.39 is 15.8 Å². The monoisotopic (exact) mass is 609 g/mol. The second-order valence-corrected chi connectivity index (χ2v) is 13.3. The van der Waals surface area contributed by atoms with Gasteiger partial charge in [0.05, 0.1) is 11.3 Å². The minimum absolute atomic E-state index is 0.000193. The van der Waals surface area contributed by atoms with Crippen molar-refractivity contribution >= 4 is 33.1 Å². The highest BCUT2D eigenvalue weighted by Gasteiger charge is 2.29. The Bertz CT molecular complexity index is 1740. The third-order valence-electron chi connectivity index (χ3n) is 7.45. The van der Waals surface area contributed by atoms with E-state index in [9.17, 15) is 22.0 Å². The zero-order valence-corrected chi connectivity index (χ0v) is 25.1. The number of sulfonamides is 1. The first kappa shape index (κ1) is 30.1. The van der Waals surface area contributed by atoms with Gasteiger partial charge in [0.25, 0.3) is 15.9 Å². The van der Waals surface area contributed by atoms with Crippen LogP contribution in [0.1, 0.15) is 66.8 Å². The van der Waals surface area contributed by atoms with Crippen molar-refractivity contribution < 1.29 is 26.5 Å². The summed E-state index contributed by atoms with van der Waals surface area (Å²) in [5.74, 6) is -0.354. The summed E-state index contributed by atoms with van der Waals surface area (Å²) in [5.41, 5.74) is 2.07. The molecule has 5 rings (SSSR count). The maximum atomic E-state index is 13.8. The molecule has 0 radical (unpaired) electrons. The number of carbonyl (C=O) groups excluding carboxylic acids is 1. The van der Waals surface area contributed by atoms with Crippen molar-refractivity contribution in [2.45, 2.75) is 56.9 Å². The third kappa shape index (κ3) is 6.85. The SMILES string of the molecule is Cc1cc(F)ccc1Nc1cc(S(=O)(=O)Nc2cc(C(C)(C)C)on2)ncc1C(=O)N1CCC(c2ccc(F)cc2)CC1. The highest BCUT2D eigenvalue weighted by Crippen LogP contribution is 2.32. The molecule has 2 N–H and O–H groups in total. The van der Waals surface area contributed by atoms with E-state index in [0.717, 1.165) is 5.56 Å². The summed E-state index contributed by atoms with van der Waals surface area (Å²) in [5, 5.41) is 6.59. The van der Waals surface area contributed by atoms with Gasteiger partial charge < -0.3 is 14.7 Å². The fourth-order valence-corrected chi connectivity index (χ4v) is 5.90. The van der Waals surface area contributed by atoms with Gasteiger partial charge in [-0.3, -0.25) is 9.52 Å². The summed E-state index contributed by atoms with van der Waals surface area (Å²) < 4.78 is 61.4. The lowest BCUT2D eigenvalue weighted by Crippen LogP contribution is -2.38. The molecule has 1 fully saturated rings. The smallest absolute Gasteiger partial charge is 0.280 e. The molecule has 2 aromatic carbocycles. The van der Waals surface area contributed by atoms with Crippen LogP contribution < -0.4 is 10.0 Å². The Morgan fingerprint density at radius 3 is 2.28 bits per heavy atom. The van der Waals surface area contributed by atoms with Crippen molar-refractivity contribution in [3.63, 3.8) is 0 Å². The Morgan fingerprint density at radius 2 is 1.65 bits per heavy atom. The Hall–Kier alpha value is -4.32. The van der Waals surface area contributed by atoms with Crippen LogP contribution >= 0.6 is 0 Å². The Balaban J connectivity index is 1.42. The number of hydrogen-bond acceptors (Lipinski definition) is 7. The van der Waals surface area contributed by atoms with Crippen LogP contribution in [0.25, 0.3) is 0 Å². The van der Waals surface area contributed by atoms with Gasteiger partial charge in [0, 0.05) is 42.5 Å². The van der Waals surface area contributed by atoms with Crippen LogP contribution in [0.4, 0.5) is 26.0 Å². The average molecular weight is 610 g/mol. The number of anilines is 3. The normalized spacial score (nSPS) is 14.5. The molecule has 0 saturated carbocycles. The molecule has 0 unspecified atom stereocenters. The molecule has 4 aromatic rings. The predicted octanol–water partition coefficient (Wildman–Crippen LogP) is 6.52. The molecule has 43 heavy (non-hydrogen) atoms. The summed E-state index contributed by atoms with van der Waals surface area (Å²) in [4.78, 5) is 19.6. The lowest BCUT2D eigenvalue weighted by atomic mass is 9.89. The largest absolute Gasteiger partial charge is 0.359 e. The molecule has 9 nitrogen and oxygen atoms in total. The standard InChI is InChI=1S/C31H33F2N5O4S/c1-19-15-23(33)9-10-25(19)35-26-16-29(43(40,41)37-28-17-27(42-36-28)31(2,3)4)34-18-24(26)30(39)38-13-11-21(12-14-38)20-5-7-22(32)8-6-20/h5-10,15-18,21H,11-14H2,1-4H3,(H,34,35)(H,36,37). The van der Waals surface area contributed by atoms with Crippen molar-refractivity contribution in [2.24, 2.45) is 0 Å². The number of carbonyl (C=O) groups is 1. The van der Waals surface area contributed by atoms with Crippen LogP contribution in [0.15, 0.2) is 70.3 Å². The average Bonchev–Trinajstić information content (AvgIpc) is 3.43. The number of likely N-dealkylation sites (tertiary alicyclic amines) is 1. The molecule has 226 valence electrons. The highest BCUT2D eigenvalue weighted by molar-refractivity contribution is 7.92. The molecule has 1 aliphatic rings. The van der Waals surface area contributed by atoms with E-state index in [4.69, 9.17) is 4.52 Å². The second-order valence-electron chi connectivity index (χ2n) is 11.7. The van der Waals surface area contributed by atoms with E-state index in [1.54, 1.807) is 24.0 Å². The van der Waals surface area contributed by atoms with Crippen molar-refractivity contribution in [1.82, 2.24) is 15.0 Å².